The number of rotatable bonds is 7. The Balaban J connectivity index is 1.41. The summed E-state index contributed by atoms with van der Waals surface area (Å²) in [6, 6.07) is 14.7. The smallest absolute Gasteiger partial charge is 0.219 e. The van der Waals surface area contributed by atoms with E-state index in [0.29, 0.717) is 30.1 Å². The third kappa shape index (κ3) is 5.51. The van der Waals surface area contributed by atoms with Gasteiger partial charge in [0.1, 0.15) is 11.6 Å². The van der Waals surface area contributed by atoms with Gasteiger partial charge in [0.05, 0.1) is 0 Å². The van der Waals surface area contributed by atoms with Crippen molar-refractivity contribution in [1.29, 1.82) is 0 Å². The summed E-state index contributed by atoms with van der Waals surface area (Å²) >= 11 is 0. The lowest BCUT2D eigenvalue weighted by atomic mass is 9.90. The van der Waals surface area contributed by atoms with Gasteiger partial charge in [-0.25, -0.2) is 4.39 Å². The van der Waals surface area contributed by atoms with Gasteiger partial charge in [-0.05, 0) is 48.8 Å². The average molecular weight is 381 g/mol. The molecule has 1 aliphatic heterocycles. The van der Waals surface area contributed by atoms with Crippen LogP contribution in [-0.2, 0) is 16.0 Å². The molecule has 0 aliphatic carbocycles. The Bertz CT molecular complexity index is 808. The van der Waals surface area contributed by atoms with E-state index in [2.05, 4.69) is 0 Å². The van der Waals surface area contributed by atoms with Crippen molar-refractivity contribution in [2.75, 3.05) is 13.1 Å². The third-order valence-corrected chi connectivity index (χ3v) is 5.64. The summed E-state index contributed by atoms with van der Waals surface area (Å²) in [7, 11) is 0. The number of carbonyl (C=O) groups excluding carboxylic acids is 2. The molecule has 148 valence electrons. The van der Waals surface area contributed by atoms with Gasteiger partial charge in [-0.15, -0.1) is 0 Å². The zero-order valence-electron chi connectivity index (χ0n) is 16.5. The molecule has 0 aromatic heterocycles. The second kappa shape index (κ2) is 9.63. The number of hydrogen-bond acceptors (Lipinski definition) is 2. The van der Waals surface area contributed by atoms with Crippen molar-refractivity contribution in [3.8, 4) is 11.1 Å². The number of piperidine rings is 1. The van der Waals surface area contributed by atoms with Gasteiger partial charge < -0.3 is 4.90 Å². The van der Waals surface area contributed by atoms with Crippen LogP contribution in [0, 0.1) is 11.7 Å². The molecule has 1 aliphatic rings. The van der Waals surface area contributed by atoms with E-state index in [1.54, 1.807) is 19.1 Å². The number of carbonyl (C=O) groups is 2. The molecule has 0 saturated carbocycles. The lowest BCUT2D eigenvalue weighted by Crippen LogP contribution is -2.37. The zero-order valence-corrected chi connectivity index (χ0v) is 16.5. The van der Waals surface area contributed by atoms with Crippen LogP contribution in [-0.4, -0.2) is 29.7 Å². The van der Waals surface area contributed by atoms with Crippen molar-refractivity contribution < 1.29 is 14.0 Å². The molecule has 1 heterocycles. The Morgan fingerprint density at radius 3 is 2.36 bits per heavy atom. The summed E-state index contributed by atoms with van der Waals surface area (Å²) in [5.74, 6) is 0.660. The van der Waals surface area contributed by atoms with E-state index < -0.39 is 0 Å². The van der Waals surface area contributed by atoms with Gasteiger partial charge in [-0.1, -0.05) is 42.5 Å². The van der Waals surface area contributed by atoms with Gasteiger partial charge >= 0.3 is 0 Å². The Morgan fingerprint density at radius 2 is 1.71 bits per heavy atom. The number of hydrogen-bond donors (Lipinski definition) is 0. The van der Waals surface area contributed by atoms with Gasteiger partial charge in [-0.3, -0.25) is 9.59 Å². The molecule has 2 aromatic carbocycles. The van der Waals surface area contributed by atoms with Gasteiger partial charge in [0.25, 0.3) is 0 Å². The minimum absolute atomic E-state index is 0.130. The maximum Gasteiger partial charge on any atom is 0.219 e. The monoisotopic (exact) mass is 381 g/mol. The quantitative estimate of drug-likeness (QED) is 0.674. The largest absolute Gasteiger partial charge is 0.343 e. The molecule has 0 atom stereocenters. The normalized spacial score (nSPS) is 14.9. The number of halogens is 1. The second-order valence-electron chi connectivity index (χ2n) is 7.72. The fraction of sp³-hybridized carbons (Fsp3) is 0.417. The van der Waals surface area contributed by atoms with E-state index in [-0.39, 0.29) is 11.7 Å². The highest BCUT2D eigenvalue weighted by Gasteiger charge is 2.22. The molecule has 0 spiro atoms. The molecule has 0 bridgehead atoms. The summed E-state index contributed by atoms with van der Waals surface area (Å²) in [5, 5.41) is 0. The summed E-state index contributed by atoms with van der Waals surface area (Å²) in [4.78, 5) is 25.5. The first-order valence-corrected chi connectivity index (χ1v) is 10.1. The van der Waals surface area contributed by atoms with Crippen LogP contribution in [0.2, 0.25) is 0 Å². The maximum atomic E-state index is 13.9. The summed E-state index contributed by atoms with van der Waals surface area (Å²) in [6.07, 6.45) is 4.79. The summed E-state index contributed by atoms with van der Waals surface area (Å²) in [6.45, 7) is 3.16. The van der Waals surface area contributed by atoms with Gasteiger partial charge in [-0.2, -0.15) is 0 Å². The highest BCUT2D eigenvalue weighted by atomic mass is 19.1. The van der Waals surface area contributed by atoms with Crippen molar-refractivity contribution in [1.82, 2.24) is 4.90 Å². The molecule has 28 heavy (non-hydrogen) atoms. The van der Waals surface area contributed by atoms with Crippen LogP contribution >= 0.6 is 0 Å². The number of benzene rings is 2. The Kier molecular flexibility index (Phi) is 6.96. The van der Waals surface area contributed by atoms with E-state index in [4.69, 9.17) is 0 Å². The fourth-order valence-electron chi connectivity index (χ4n) is 3.91. The first kappa shape index (κ1) is 20.2. The maximum absolute atomic E-state index is 13.9. The van der Waals surface area contributed by atoms with Crippen LogP contribution in [0.3, 0.4) is 0 Å². The molecular formula is C24H28FNO2. The summed E-state index contributed by atoms with van der Waals surface area (Å²) < 4.78 is 13.9. The van der Waals surface area contributed by atoms with Gasteiger partial charge in [0.2, 0.25) is 5.91 Å². The third-order valence-electron chi connectivity index (χ3n) is 5.64. The van der Waals surface area contributed by atoms with E-state index >= 15 is 0 Å². The van der Waals surface area contributed by atoms with E-state index in [0.717, 1.165) is 44.3 Å². The van der Waals surface area contributed by atoms with Gasteiger partial charge in [0.15, 0.2) is 0 Å². The van der Waals surface area contributed by atoms with Crippen LogP contribution in [0.1, 0.15) is 44.6 Å². The molecule has 1 amide bonds. The number of aryl methyl sites for hydroxylation is 1. The molecule has 4 heteroatoms. The van der Waals surface area contributed by atoms with Crippen molar-refractivity contribution >= 4 is 11.7 Å². The molecule has 1 fully saturated rings. The van der Waals surface area contributed by atoms with E-state index in [9.17, 15) is 14.0 Å². The van der Waals surface area contributed by atoms with Crippen molar-refractivity contribution in [2.24, 2.45) is 5.92 Å². The first-order chi connectivity index (χ1) is 13.5. The van der Waals surface area contributed by atoms with Gasteiger partial charge in [0, 0.05) is 38.4 Å². The van der Waals surface area contributed by atoms with Crippen LogP contribution in [0.15, 0.2) is 48.5 Å². The van der Waals surface area contributed by atoms with Crippen LogP contribution in [0.25, 0.3) is 11.1 Å². The highest BCUT2D eigenvalue weighted by Crippen LogP contribution is 2.24. The second-order valence-corrected chi connectivity index (χ2v) is 7.72. The number of nitrogens with zero attached hydrogens (tertiary/aromatic N) is 1. The molecule has 3 rings (SSSR count). The van der Waals surface area contributed by atoms with E-state index in [1.807, 2.05) is 35.2 Å². The predicted molar refractivity (Wildman–Crippen MR) is 109 cm³/mol. The molecule has 3 nitrogen and oxygen atoms in total. The number of Topliss-reactive ketones (excluding diaryl/α,β-unsaturated/α-hetero) is 1. The molecule has 1 saturated heterocycles. The standard InChI is InChI=1S/C24H28FNO2/c1-18(27)26-15-13-20(14-16-26)17-22(28)6-4-5-19-9-11-21(12-10-19)23-7-2-3-8-24(23)25/h2-3,7-12,20H,4-6,13-17H2,1H3. The van der Waals surface area contributed by atoms with Crippen molar-refractivity contribution in [2.45, 2.75) is 45.4 Å². The minimum atomic E-state index is -0.213. The average Bonchev–Trinajstić information content (AvgIpc) is 2.69. The molecule has 0 radical (unpaired) electrons. The highest BCUT2D eigenvalue weighted by molar-refractivity contribution is 5.78. The van der Waals surface area contributed by atoms with Crippen molar-refractivity contribution in [3.63, 3.8) is 0 Å². The summed E-state index contributed by atoms with van der Waals surface area (Å²) in [5.41, 5.74) is 2.65. The minimum Gasteiger partial charge on any atom is -0.343 e. The fourth-order valence-corrected chi connectivity index (χ4v) is 3.91. The van der Waals surface area contributed by atoms with E-state index in [1.165, 1.54) is 11.6 Å². The predicted octanol–water partition coefficient (Wildman–Crippen LogP) is 5.03. The molecular weight excluding hydrogens is 353 g/mol. The Hall–Kier alpha value is -2.49. The number of ketones is 1. The van der Waals surface area contributed by atoms with Crippen LogP contribution in [0.5, 0.6) is 0 Å². The SMILES string of the molecule is CC(=O)N1CCC(CC(=O)CCCc2ccc(-c3ccccc3F)cc2)CC1. The Morgan fingerprint density at radius 1 is 1.04 bits per heavy atom. The molecule has 0 N–H and O–H groups in total. The number of likely N-dealkylation sites (tertiary alicyclic amines) is 1. The van der Waals surface area contributed by atoms with Crippen molar-refractivity contribution in [3.05, 3.63) is 59.9 Å². The first-order valence-electron chi connectivity index (χ1n) is 10.1. The zero-order chi connectivity index (χ0) is 19.9. The molecule has 2 aromatic rings. The van der Waals surface area contributed by atoms with Crippen LogP contribution in [0.4, 0.5) is 4.39 Å². The van der Waals surface area contributed by atoms with Crippen LogP contribution < -0.4 is 0 Å². The lowest BCUT2D eigenvalue weighted by molar-refractivity contribution is -0.130. The lowest BCUT2D eigenvalue weighted by Gasteiger charge is -2.30. The number of amides is 1. The Labute approximate surface area is 166 Å². The molecule has 0 unspecified atom stereocenters. The topological polar surface area (TPSA) is 37.4 Å².